The van der Waals surface area contributed by atoms with Crippen LogP contribution >= 0.6 is 0 Å². The zero-order chi connectivity index (χ0) is 14.0. The molecule has 102 valence electrons. The predicted octanol–water partition coefficient (Wildman–Crippen LogP) is 0.513. The van der Waals surface area contributed by atoms with Gasteiger partial charge in [0.2, 0.25) is 5.91 Å². The van der Waals surface area contributed by atoms with Gasteiger partial charge in [0, 0.05) is 18.8 Å². The van der Waals surface area contributed by atoms with Gasteiger partial charge in [-0.3, -0.25) is 14.6 Å². The minimum atomic E-state index is -0.386. The number of carbonyl (C=O) groups is 2. The summed E-state index contributed by atoms with van der Waals surface area (Å²) < 4.78 is 0. The standard InChI is InChI=1S/C13H17N3O3/c1-8-2-3-9(12(14)18)7-16(8)13(19)10-4-5-15-6-11(10)17/h4-6,8-9,17H,2-3,7H2,1H3,(H2,14,18). The highest BCUT2D eigenvalue weighted by Crippen LogP contribution is 2.25. The first-order valence-electron chi connectivity index (χ1n) is 6.24. The van der Waals surface area contributed by atoms with Crippen LogP contribution in [-0.4, -0.2) is 39.4 Å². The number of rotatable bonds is 2. The topological polar surface area (TPSA) is 96.5 Å². The number of nitrogens with two attached hydrogens (primary N) is 1. The van der Waals surface area contributed by atoms with Crippen LogP contribution in [-0.2, 0) is 4.79 Å². The fourth-order valence-electron chi connectivity index (χ4n) is 2.34. The smallest absolute Gasteiger partial charge is 0.257 e. The van der Waals surface area contributed by atoms with Crippen LogP contribution in [0.3, 0.4) is 0 Å². The van der Waals surface area contributed by atoms with E-state index >= 15 is 0 Å². The van der Waals surface area contributed by atoms with Gasteiger partial charge < -0.3 is 15.7 Å². The van der Waals surface area contributed by atoms with Gasteiger partial charge in [-0.2, -0.15) is 0 Å². The number of primary amides is 1. The zero-order valence-corrected chi connectivity index (χ0v) is 10.7. The number of aromatic hydroxyl groups is 1. The van der Waals surface area contributed by atoms with Crippen molar-refractivity contribution < 1.29 is 14.7 Å². The van der Waals surface area contributed by atoms with Gasteiger partial charge >= 0.3 is 0 Å². The van der Waals surface area contributed by atoms with E-state index < -0.39 is 0 Å². The first-order valence-corrected chi connectivity index (χ1v) is 6.24. The molecule has 0 spiro atoms. The summed E-state index contributed by atoms with van der Waals surface area (Å²) in [4.78, 5) is 29.0. The molecule has 1 fully saturated rings. The van der Waals surface area contributed by atoms with Crippen LogP contribution in [0.1, 0.15) is 30.1 Å². The van der Waals surface area contributed by atoms with Crippen LogP contribution in [0, 0.1) is 5.92 Å². The van der Waals surface area contributed by atoms with Crippen molar-refractivity contribution in [2.45, 2.75) is 25.8 Å². The van der Waals surface area contributed by atoms with Crippen molar-refractivity contribution in [2.24, 2.45) is 11.7 Å². The van der Waals surface area contributed by atoms with Crippen LogP contribution in [0.25, 0.3) is 0 Å². The number of carbonyl (C=O) groups excluding carboxylic acids is 2. The number of likely N-dealkylation sites (tertiary alicyclic amines) is 1. The number of hydrogen-bond donors (Lipinski definition) is 2. The van der Waals surface area contributed by atoms with Crippen LogP contribution in [0.2, 0.25) is 0 Å². The van der Waals surface area contributed by atoms with Crippen LogP contribution < -0.4 is 5.73 Å². The first-order chi connectivity index (χ1) is 9.00. The quantitative estimate of drug-likeness (QED) is 0.812. The molecule has 1 aliphatic rings. The highest BCUT2D eigenvalue weighted by molar-refractivity contribution is 5.97. The van der Waals surface area contributed by atoms with Gasteiger partial charge in [0.15, 0.2) is 0 Å². The van der Waals surface area contributed by atoms with Gasteiger partial charge in [0.05, 0.1) is 17.7 Å². The average Bonchev–Trinajstić information content (AvgIpc) is 2.38. The van der Waals surface area contributed by atoms with E-state index in [0.717, 1.165) is 6.42 Å². The van der Waals surface area contributed by atoms with E-state index in [1.807, 2.05) is 6.92 Å². The molecule has 2 amide bonds. The lowest BCUT2D eigenvalue weighted by Gasteiger charge is -2.37. The summed E-state index contributed by atoms with van der Waals surface area (Å²) in [7, 11) is 0. The lowest BCUT2D eigenvalue weighted by Crippen LogP contribution is -2.48. The molecule has 19 heavy (non-hydrogen) atoms. The summed E-state index contributed by atoms with van der Waals surface area (Å²) in [6.45, 7) is 2.23. The Bertz CT molecular complexity index is 504. The molecule has 1 saturated heterocycles. The summed E-state index contributed by atoms with van der Waals surface area (Å²) in [5, 5.41) is 9.67. The lowest BCUT2D eigenvalue weighted by atomic mass is 9.92. The molecule has 0 radical (unpaired) electrons. The summed E-state index contributed by atoms with van der Waals surface area (Å²) in [6.07, 6.45) is 4.11. The third kappa shape index (κ3) is 2.67. The Balaban J connectivity index is 2.22. The molecule has 6 nitrogen and oxygen atoms in total. The minimum absolute atomic E-state index is 0.0238. The van der Waals surface area contributed by atoms with Crippen molar-refractivity contribution >= 4 is 11.8 Å². The van der Waals surface area contributed by atoms with Crippen molar-refractivity contribution in [1.82, 2.24) is 9.88 Å². The predicted molar refractivity (Wildman–Crippen MR) is 68.3 cm³/mol. The third-order valence-electron chi connectivity index (χ3n) is 3.58. The van der Waals surface area contributed by atoms with E-state index in [1.54, 1.807) is 4.90 Å². The van der Waals surface area contributed by atoms with E-state index in [9.17, 15) is 14.7 Å². The molecule has 0 saturated carbocycles. The van der Waals surface area contributed by atoms with Crippen molar-refractivity contribution in [1.29, 1.82) is 0 Å². The van der Waals surface area contributed by atoms with Gasteiger partial charge in [0.1, 0.15) is 5.75 Å². The van der Waals surface area contributed by atoms with E-state index in [0.29, 0.717) is 13.0 Å². The maximum Gasteiger partial charge on any atom is 0.257 e. The SMILES string of the molecule is CC1CCC(C(N)=O)CN1C(=O)c1ccncc1O. The maximum atomic E-state index is 12.4. The monoisotopic (exact) mass is 263 g/mol. The largest absolute Gasteiger partial charge is 0.505 e. The third-order valence-corrected chi connectivity index (χ3v) is 3.58. The molecule has 3 N–H and O–H groups in total. The minimum Gasteiger partial charge on any atom is -0.505 e. The Morgan fingerprint density at radius 3 is 2.84 bits per heavy atom. The average molecular weight is 263 g/mol. The molecule has 0 aliphatic carbocycles. The summed E-state index contributed by atoms with van der Waals surface area (Å²) >= 11 is 0. The number of pyridine rings is 1. The number of amides is 2. The summed E-state index contributed by atoms with van der Waals surface area (Å²) in [5.74, 6) is -1.15. The van der Waals surface area contributed by atoms with Gasteiger partial charge in [-0.15, -0.1) is 0 Å². The molecule has 6 heteroatoms. The highest BCUT2D eigenvalue weighted by atomic mass is 16.3. The second-order valence-electron chi connectivity index (χ2n) is 4.88. The van der Waals surface area contributed by atoms with E-state index in [1.165, 1.54) is 18.5 Å². The molecule has 2 rings (SSSR count). The molecule has 0 aromatic carbocycles. The van der Waals surface area contributed by atoms with Crippen LogP contribution in [0.15, 0.2) is 18.5 Å². The van der Waals surface area contributed by atoms with Crippen LogP contribution in [0.4, 0.5) is 0 Å². The van der Waals surface area contributed by atoms with E-state index in [-0.39, 0.29) is 35.1 Å². The molecular weight excluding hydrogens is 246 g/mol. The molecule has 1 aromatic heterocycles. The molecular formula is C13H17N3O3. The summed E-state index contributed by atoms with van der Waals surface area (Å²) in [6, 6.07) is 1.49. The molecule has 2 heterocycles. The number of nitrogens with zero attached hydrogens (tertiary/aromatic N) is 2. The Kier molecular flexibility index (Phi) is 3.69. The van der Waals surface area contributed by atoms with Crippen molar-refractivity contribution in [2.75, 3.05) is 6.54 Å². The maximum absolute atomic E-state index is 12.4. The molecule has 2 atom stereocenters. The van der Waals surface area contributed by atoms with Crippen LogP contribution in [0.5, 0.6) is 5.75 Å². The normalized spacial score (nSPS) is 23.1. The number of aromatic nitrogens is 1. The van der Waals surface area contributed by atoms with Gasteiger partial charge in [-0.05, 0) is 25.8 Å². The second kappa shape index (κ2) is 5.26. The number of hydrogen-bond acceptors (Lipinski definition) is 4. The second-order valence-corrected chi connectivity index (χ2v) is 4.88. The Morgan fingerprint density at radius 2 is 2.21 bits per heavy atom. The zero-order valence-electron chi connectivity index (χ0n) is 10.7. The van der Waals surface area contributed by atoms with Gasteiger partial charge in [0.25, 0.3) is 5.91 Å². The van der Waals surface area contributed by atoms with Gasteiger partial charge in [-0.25, -0.2) is 0 Å². The van der Waals surface area contributed by atoms with E-state index in [4.69, 9.17) is 5.73 Å². The first kappa shape index (κ1) is 13.3. The Morgan fingerprint density at radius 1 is 1.47 bits per heavy atom. The van der Waals surface area contributed by atoms with Crippen molar-refractivity contribution in [3.63, 3.8) is 0 Å². The van der Waals surface area contributed by atoms with Gasteiger partial charge in [-0.1, -0.05) is 0 Å². The molecule has 1 aromatic rings. The molecule has 2 unspecified atom stereocenters. The van der Waals surface area contributed by atoms with Crippen molar-refractivity contribution in [3.8, 4) is 5.75 Å². The Labute approximate surface area is 111 Å². The number of piperidine rings is 1. The molecule has 0 bridgehead atoms. The molecule has 1 aliphatic heterocycles. The Hall–Kier alpha value is -2.11. The summed E-state index contributed by atoms with van der Waals surface area (Å²) in [5.41, 5.74) is 5.51. The van der Waals surface area contributed by atoms with E-state index in [2.05, 4.69) is 4.98 Å². The van der Waals surface area contributed by atoms with Crippen molar-refractivity contribution in [3.05, 3.63) is 24.0 Å². The fourth-order valence-corrected chi connectivity index (χ4v) is 2.34. The fraction of sp³-hybridized carbons (Fsp3) is 0.462. The highest BCUT2D eigenvalue weighted by Gasteiger charge is 2.32. The lowest BCUT2D eigenvalue weighted by molar-refractivity contribution is -0.123.